The van der Waals surface area contributed by atoms with Gasteiger partial charge in [0.05, 0.1) is 23.1 Å². The lowest BCUT2D eigenvalue weighted by Gasteiger charge is -2.25. The first-order valence-electron chi connectivity index (χ1n) is 9.93. The van der Waals surface area contributed by atoms with E-state index in [0.717, 1.165) is 9.80 Å². The van der Waals surface area contributed by atoms with Crippen LogP contribution in [0.4, 0.5) is 18.4 Å². The van der Waals surface area contributed by atoms with Gasteiger partial charge in [0.2, 0.25) is 0 Å². The molecule has 0 aromatic heterocycles. The van der Waals surface area contributed by atoms with Crippen molar-refractivity contribution in [1.82, 2.24) is 14.7 Å². The van der Waals surface area contributed by atoms with Gasteiger partial charge in [0.1, 0.15) is 11.6 Å². The van der Waals surface area contributed by atoms with Crippen LogP contribution in [0.3, 0.4) is 0 Å². The van der Waals surface area contributed by atoms with Crippen molar-refractivity contribution in [1.29, 1.82) is 0 Å². The van der Waals surface area contributed by atoms with E-state index in [0.29, 0.717) is 23.5 Å². The molecule has 0 N–H and O–H groups in total. The predicted molar refractivity (Wildman–Crippen MR) is 126 cm³/mol. The van der Waals surface area contributed by atoms with Crippen LogP contribution in [-0.4, -0.2) is 57.4 Å². The van der Waals surface area contributed by atoms with Crippen molar-refractivity contribution in [2.75, 3.05) is 20.4 Å². The number of carbonyl (C=O) groups excluding carboxylic acids is 4. The van der Waals surface area contributed by atoms with Crippen LogP contribution in [0.2, 0.25) is 0 Å². The van der Waals surface area contributed by atoms with Crippen molar-refractivity contribution in [3.63, 3.8) is 0 Å². The average molecular weight is 502 g/mol. The average Bonchev–Trinajstić information content (AvgIpc) is 3.21. The number of hydrogen-bond acceptors (Lipinski definition) is 7. The van der Waals surface area contributed by atoms with Crippen molar-refractivity contribution < 1.29 is 28.0 Å². The molecular weight excluding hydrogens is 484 g/mol. The number of benzene rings is 2. The highest BCUT2D eigenvalue weighted by Gasteiger charge is 2.39. The molecule has 2 aliphatic heterocycles. The molecule has 2 saturated heterocycles. The van der Waals surface area contributed by atoms with Crippen molar-refractivity contribution in [3.8, 4) is 0 Å². The number of amides is 4. The summed E-state index contributed by atoms with van der Waals surface area (Å²) in [5, 5.41) is -1.10. The highest BCUT2D eigenvalue weighted by atomic mass is 32.2. The number of nitrogens with zero attached hydrogens (tertiary/aromatic N) is 3. The first-order valence-corrected chi connectivity index (χ1v) is 11.6. The maximum Gasteiger partial charge on any atom is 0.294 e. The van der Waals surface area contributed by atoms with E-state index in [1.165, 1.54) is 60.5 Å². The molecule has 4 rings (SSSR count). The van der Waals surface area contributed by atoms with Gasteiger partial charge in [-0.25, -0.2) is 8.78 Å². The Morgan fingerprint density at radius 3 is 1.50 bits per heavy atom. The molecule has 2 aromatic carbocycles. The fraction of sp³-hybridized carbons (Fsp3) is 0.130. The van der Waals surface area contributed by atoms with Crippen molar-refractivity contribution >= 4 is 58.0 Å². The predicted octanol–water partition coefficient (Wildman–Crippen LogP) is 4.58. The Morgan fingerprint density at radius 1 is 0.735 bits per heavy atom. The van der Waals surface area contributed by atoms with E-state index in [1.54, 1.807) is 12.1 Å². The summed E-state index contributed by atoms with van der Waals surface area (Å²) in [7, 11) is 1.54. The van der Waals surface area contributed by atoms with Crippen LogP contribution in [-0.2, 0) is 9.59 Å². The molecule has 0 bridgehead atoms. The second kappa shape index (κ2) is 9.92. The van der Waals surface area contributed by atoms with E-state index < -0.39 is 33.9 Å². The van der Waals surface area contributed by atoms with Gasteiger partial charge in [-0.2, -0.15) is 0 Å². The minimum atomic E-state index is -0.598. The molecule has 0 aliphatic carbocycles. The molecule has 0 saturated carbocycles. The van der Waals surface area contributed by atoms with Crippen LogP contribution >= 0.6 is 23.5 Å². The summed E-state index contributed by atoms with van der Waals surface area (Å²) in [6.45, 7) is -0.374. The molecular formula is C23H17F2N3O4S2. The van der Waals surface area contributed by atoms with Crippen LogP contribution in [0.25, 0.3) is 12.2 Å². The summed E-state index contributed by atoms with van der Waals surface area (Å²) in [5.74, 6) is -2.24. The Hall–Kier alpha value is -3.28. The zero-order valence-electron chi connectivity index (χ0n) is 17.7. The van der Waals surface area contributed by atoms with Gasteiger partial charge in [0.25, 0.3) is 22.3 Å². The number of carbonyl (C=O) groups is 4. The lowest BCUT2D eigenvalue weighted by atomic mass is 10.2. The van der Waals surface area contributed by atoms with E-state index in [-0.39, 0.29) is 34.3 Å². The third kappa shape index (κ3) is 4.96. The summed E-state index contributed by atoms with van der Waals surface area (Å²) < 4.78 is 27.8. The van der Waals surface area contributed by atoms with Crippen molar-refractivity contribution in [2.45, 2.75) is 0 Å². The summed E-state index contributed by atoms with van der Waals surface area (Å²) in [6, 6.07) is 11.7. The summed E-state index contributed by atoms with van der Waals surface area (Å²) in [4.78, 5) is 53.6. The maximum atomic E-state index is 13.9. The summed E-state index contributed by atoms with van der Waals surface area (Å²) in [6.07, 6.45) is 2.62. The van der Waals surface area contributed by atoms with Gasteiger partial charge in [-0.15, -0.1) is 0 Å². The fourth-order valence-corrected chi connectivity index (χ4v) is 4.88. The Kier molecular flexibility index (Phi) is 6.96. The quantitative estimate of drug-likeness (QED) is 0.536. The third-order valence-electron chi connectivity index (χ3n) is 4.90. The molecule has 0 spiro atoms. The maximum absolute atomic E-state index is 13.9. The lowest BCUT2D eigenvalue weighted by Crippen LogP contribution is -2.45. The van der Waals surface area contributed by atoms with E-state index in [4.69, 9.17) is 0 Å². The van der Waals surface area contributed by atoms with Crippen LogP contribution in [0.1, 0.15) is 11.1 Å². The van der Waals surface area contributed by atoms with Gasteiger partial charge >= 0.3 is 0 Å². The summed E-state index contributed by atoms with van der Waals surface area (Å²) >= 11 is 1.37. The number of hydrogen-bond donors (Lipinski definition) is 0. The minimum Gasteiger partial charge on any atom is -0.270 e. The van der Waals surface area contributed by atoms with Crippen LogP contribution in [0.5, 0.6) is 0 Å². The van der Waals surface area contributed by atoms with E-state index >= 15 is 0 Å². The second-order valence-electron chi connectivity index (χ2n) is 7.40. The molecule has 2 fully saturated rings. The van der Waals surface area contributed by atoms with Gasteiger partial charge in [0, 0.05) is 11.1 Å². The third-order valence-corrected chi connectivity index (χ3v) is 6.71. The molecule has 2 aliphatic rings. The zero-order valence-corrected chi connectivity index (χ0v) is 19.4. The Balaban J connectivity index is 1.43. The van der Waals surface area contributed by atoms with Gasteiger partial charge in [-0.1, -0.05) is 36.4 Å². The number of rotatable bonds is 6. The molecule has 11 heteroatoms. The number of thioether (sulfide) groups is 2. The van der Waals surface area contributed by atoms with E-state index in [9.17, 15) is 28.0 Å². The zero-order chi connectivity index (χ0) is 24.4. The summed E-state index contributed by atoms with van der Waals surface area (Å²) in [5.41, 5.74) is 0.363. The molecule has 2 heterocycles. The standard InChI is InChI=1S/C23H17F2N3O4S2/c1-26(12-27-20(29)18(33-22(27)31)10-14-6-2-4-8-16(14)24)13-28-21(30)19(34-23(28)32)11-15-7-3-5-9-17(15)25/h2-11H,12-13H2,1H3/b18-10-,19-11-. The molecule has 0 radical (unpaired) electrons. The molecule has 34 heavy (non-hydrogen) atoms. The first-order chi connectivity index (χ1) is 16.2. The Bertz CT molecular complexity index is 1170. The molecule has 174 valence electrons. The monoisotopic (exact) mass is 501 g/mol. The minimum absolute atomic E-state index is 0.0717. The topological polar surface area (TPSA) is 78.0 Å². The Morgan fingerprint density at radius 2 is 1.12 bits per heavy atom. The van der Waals surface area contributed by atoms with Crippen LogP contribution < -0.4 is 0 Å². The van der Waals surface area contributed by atoms with Gasteiger partial charge in [0.15, 0.2) is 0 Å². The molecule has 4 amide bonds. The molecule has 0 atom stereocenters. The SMILES string of the molecule is CN(CN1C(=O)S/C(=C\c2ccccc2F)C1=O)CN1C(=O)S/C(=C\c2ccccc2F)C1=O. The molecule has 0 unspecified atom stereocenters. The van der Waals surface area contributed by atoms with Crippen molar-refractivity contribution in [2.24, 2.45) is 0 Å². The van der Waals surface area contributed by atoms with Gasteiger partial charge in [-0.05, 0) is 54.9 Å². The highest BCUT2D eigenvalue weighted by Crippen LogP contribution is 2.34. The molecule has 2 aromatic rings. The van der Waals surface area contributed by atoms with Crippen LogP contribution in [0.15, 0.2) is 58.3 Å². The lowest BCUT2D eigenvalue weighted by molar-refractivity contribution is -0.125. The molecule has 7 nitrogen and oxygen atoms in total. The van der Waals surface area contributed by atoms with E-state index in [1.807, 2.05) is 0 Å². The number of halogens is 2. The largest absolute Gasteiger partial charge is 0.294 e. The normalized spacial score (nSPS) is 18.9. The highest BCUT2D eigenvalue weighted by molar-refractivity contribution is 8.18. The van der Waals surface area contributed by atoms with Gasteiger partial charge < -0.3 is 0 Å². The van der Waals surface area contributed by atoms with Crippen LogP contribution in [0, 0.1) is 11.6 Å². The van der Waals surface area contributed by atoms with Crippen molar-refractivity contribution in [3.05, 3.63) is 81.1 Å². The fourth-order valence-electron chi connectivity index (χ4n) is 3.24. The van der Waals surface area contributed by atoms with Gasteiger partial charge in [-0.3, -0.25) is 33.9 Å². The smallest absolute Gasteiger partial charge is 0.270 e. The second-order valence-corrected chi connectivity index (χ2v) is 9.39. The first kappa shape index (κ1) is 23.9. The Labute approximate surface area is 202 Å². The van der Waals surface area contributed by atoms with E-state index in [2.05, 4.69) is 0 Å². The number of imide groups is 2.